The Bertz CT molecular complexity index is 119. The van der Waals surface area contributed by atoms with Gasteiger partial charge in [0.15, 0.2) is 0 Å². The normalized spacial score (nSPS) is 16.7. The van der Waals surface area contributed by atoms with Crippen LogP contribution in [-0.4, -0.2) is 10.8 Å². The molecule has 0 aliphatic heterocycles. The van der Waals surface area contributed by atoms with E-state index in [4.69, 9.17) is 23.2 Å². The van der Waals surface area contributed by atoms with E-state index in [0.717, 1.165) is 6.42 Å². The maximum Gasteiger partial charge on any atom is 0.0516 e. The van der Waals surface area contributed by atoms with Crippen LogP contribution < -0.4 is 0 Å². The van der Waals surface area contributed by atoms with Gasteiger partial charge < -0.3 is 0 Å². The van der Waals surface area contributed by atoms with E-state index in [9.17, 15) is 0 Å². The van der Waals surface area contributed by atoms with Crippen LogP contribution in [0.15, 0.2) is 12.2 Å². The van der Waals surface area contributed by atoms with Gasteiger partial charge in [-0.05, 0) is 13.3 Å². The summed E-state index contributed by atoms with van der Waals surface area (Å²) in [6.45, 7) is 4.13. The van der Waals surface area contributed by atoms with Crippen LogP contribution in [-0.2, 0) is 0 Å². The molecule has 0 heterocycles. The van der Waals surface area contributed by atoms with E-state index in [0.29, 0.717) is 0 Å². The molecule has 0 rings (SSSR count). The summed E-state index contributed by atoms with van der Waals surface area (Å²) in [6, 6.07) is 0. The average molecular weight is 209 g/mol. The molecule has 2 unspecified atom stereocenters. The minimum absolute atomic E-state index is 0.0948. The van der Waals surface area contributed by atoms with Crippen molar-refractivity contribution in [3.63, 3.8) is 0 Å². The third-order valence-corrected chi connectivity index (χ3v) is 2.18. The number of allylic oxidation sites excluding steroid dienone is 2. The molecule has 12 heavy (non-hydrogen) atoms. The zero-order valence-electron chi connectivity index (χ0n) is 7.89. The van der Waals surface area contributed by atoms with Gasteiger partial charge in [0, 0.05) is 5.38 Å². The molecular formula is C10H18Cl2. The van der Waals surface area contributed by atoms with Crippen molar-refractivity contribution >= 4 is 23.2 Å². The Balaban J connectivity index is 3.38. The SMILES string of the molecule is CCCCCC(Cl)/C=C/C(C)Cl. The standard InChI is InChI=1S/C10H18Cl2/c1-3-4-5-6-10(12)8-7-9(2)11/h7-10H,3-6H2,1-2H3/b8-7+. The van der Waals surface area contributed by atoms with Gasteiger partial charge in [0.05, 0.1) is 5.38 Å². The van der Waals surface area contributed by atoms with E-state index in [1.165, 1.54) is 19.3 Å². The van der Waals surface area contributed by atoms with Gasteiger partial charge >= 0.3 is 0 Å². The monoisotopic (exact) mass is 208 g/mol. The van der Waals surface area contributed by atoms with Crippen molar-refractivity contribution in [3.05, 3.63) is 12.2 Å². The van der Waals surface area contributed by atoms with E-state index >= 15 is 0 Å². The first-order chi connectivity index (χ1) is 5.66. The first-order valence-electron chi connectivity index (χ1n) is 4.63. The van der Waals surface area contributed by atoms with Crippen LogP contribution in [0.4, 0.5) is 0 Å². The number of hydrogen-bond acceptors (Lipinski definition) is 0. The molecule has 0 radical (unpaired) electrons. The predicted octanol–water partition coefficient (Wildman–Crippen LogP) is 4.36. The highest BCUT2D eigenvalue weighted by Crippen LogP contribution is 2.11. The lowest BCUT2D eigenvalue weighted by atomic mass is 10.1. The van der Waals surface area contributed by atoms with Crippen molar-refractivity contribution in [2.75, 3.05) is 0 Å². The lowest BCUT2D eigenvalue weighted by molar-refractivity contribution is 0.677. The zero-order chi connectivity index (χ0) is 9.40. The molecule has 0 aliphatic carbocycles. The summed E-state index contributed by atoms with van der Waals surface area (Å²) in [7, 11) is 0. The molecule has 2 heteroatoms. The maximum absolute atomic E-state index is 6.02. The average Bonchev–Trinajstić information content (AvgIpc) is 2.01. The van der Waals surface area contributed by atoms with Gasteiger partial charge in [-0.25, -0.2) is 0 Å². The Morgan fingerprint density at radius 2 is 1.83 bits per heavy atom. The third kappa shape index (κ3) is 8.42. The second-order valence-corrected chi connectivity index (χ2v) is 4.32. The molecule has 0 amide bonds. The molecule has 0 aromatic heterocycles. The summed E-state index contributed by atoms with van der Waals surface area (Å²) in [5.74, 6) is 0. The van der Waals surface area contributed by atoms with Gasteiger partial charge in [0.25, 0.3) is 0 Å². The molecular weight excluding hydrogens is 191 g/mol. The highest BCUT2D eigenvalue weighted by atomic mass is 35.5. The molecule has 0 aliphatic rings. The predicted molar refractivity (Wildman–Crippen MR) is 58.2 cm³/mol. The molecule has 0 bridgehead atoms. The summed E-state index contributed by atoms with van der Waals surface area (Å²) >= 11 is 11.8. The fourth-order valence-electron chi connectivity index (χ4n) is 0.959. The Labute approximate surface area is 85.9 Å². The first-order valence-corrected chi connectivity index (χ1v) is 5.50. The van der Waals surface area contributed by atoms with Gasteiger partial charge in [0.2, 0.25) is 0 Å². The van der Waals surface area contributed by atoms with Crippen LogP contribution in [0.1, 0.15) is 39.5 Å². The molecule has 72 valence electrons. The molecule has 0 aromatic carbocycles. The molecule has 0 saturated carbocycles. The van der Waals surface area contributed by atoms with Crippen LogP contribution in [0.3, 0.4) is 0 Å². The smallest absolute Gasteiger partial charge is 0.0516 e. The van der Waals surface area contributed by atoms with Crippen molar-refractivity contribution in [2.24, 2.45) is 0 Å². The van der Waals surface area contributed by atoms with Gasteiger partial charge in [0.1, 0.15) is 0 Å². The molecule has 0 aromatic rings. The van der Waals surface area contributed by atoms with Gasteiger partial charge in [-0.2, -0.15) is 0 Å². The summed E-state index contributed by atoms with van der Waals surface area (Å²) in [6.07, 6.45) is 8.74. The van der Waals surface area contributed by atoms with Gasteiger partial charge in [-0.1, -0.05) is 38.3 Å². The van der Waals surface area contributed by atoms with Crippen LogP contribution in [0.25, 0.3) is 0 Å². The second kappa shape index (κ2) is 7.94. The van der Waals surface area contributed by atoms with E-state index in [1.54, 1.807) is 0 Å². The van der Waals surface area contributed by atoms with Crippen molar-refractivity contribution < 1.29 is 0 Å². The van der Waals surface area contributed by atoms with E-state index in [2.05, 4.69) is 6.92 Å². The zero-order valence-corrected chi connectivity index (χ0v) is 9.41. The first kappa shape index (κ1) is 12.3. The highest BCUT2D eigenvalue weighted by Gasteiger charge is 1.98. The Morgan fingerprint density at radius 1 is 1.17 bits per heavy atom. The molecule has 0 spiro atoms. The number of alkyl halides is 2. The Kier molecular flexibility index (Phi) is 8.15. The highest BCUT2D eigenvalue weighted by molar-refractivity contribution is 6.22. The largest absolute Gasteiger partial charge is 0.119 e. The second-order valence-electron chi connectivity index (χ2n) is 3.07. The minimum atomic E-state index is 0.0948. The topological polar surface area (TPSA) is 0 Å². The quantitative estimate of drug-likeness (QED) is 0.346. The summed E-state index contributed by atoms with van der Waals surface area (Å²) in [5, 5.41) is 0.259. The lowest BCUT2D eigenvalue weighted by Crippen LogP contribution is -1.94. The van der Waals surface area contributed by atoms with Crippen molar-refractivity contribution in [2.45, 2.75) is 50.3 Å². The molecule has 2 atom stereocenters. The third-order valence-electron chi connectivity index (χ3n) is 1.67. The van der Waals surface area contributed by atoms with E-state index in [1.807, 2.05) is 19.1 Å². The number of hydrogen-bond donors (Lipinski definition) is 0. The summed E-state index contributed by atoms with van der Waals surface area (Å²) < 4.78 is 0. The number of unbranched alkanes of at least 4 members (excludes halogenated alkanes) is 2. The lowest BCUT2D eigenvalue weighted by Gasteiger charge is -2.02. The number of rotatable bonds is 6. The number of halogens is 2. The van der Waals surface area contributed by atoms with Crippen molar-refractivity contribution in [1.82, 2.24) is 0 Å². The fraction of sp³-hybridized carbons (Fsp3) is 0.800. The van der Waals surface area contributed by atoms with Gasteiger partial charge in [-0.3, -0.25) is 0 Å². The van der Waals surface area contributed by atoms with Crippen LogP contribution >= 0.6 is 23.2 Å². The maximum atomic E-state index is 6.02. The minimum Gasteiger partial charge on any atom is -0.119 e. The van der Waals surface area contributed by atoms with Crippen LogP contribution in [0.2, 0.25) is 0 Å². The molecule has 0 nitrogen and oxygen atoms in total. The van der Waals surface area contributed by atoms with Crippen LogP contribution in [0, 0.1) is 0 Å². The molecule has 0 fully saturated rings. The van der Waals surface area contributed by atoms with Crippen molar-refractivity contribution in [1.29, 1.82) is 0 Å². The Morgan fingerprint density at radius 3 is 2.33 bits per heavy atom. The summed E-state index contributed by atoms with van der Waals surface area (Å²) in [5.41, 5.74) is 0. The van der Waals surface area contributed by atoms with Gasteiger partial charge in [-0.15, -0.1) is 23.2 Å². The molecule has 0 saturated heterocycles. The Hall–Kier alpha value is 0.320. The van der Waals surface area contributed by atoms with E-state index in [-0.39, 0.29) is 10.8 Å². The van der Waals surface area contributed by atoms with Crippen molar-refractivity contribution in [3.8, 4) is 0 Å². The fourth-order valence-corrected chi connectivity index (χ4v) is 1.28. The van der Waals surface area contributed by atoms with E-state index < -0.39 is 0 Å². The molecule has 0 N–H and O–H groups in total. The van der Waals surface area contributed by atoms with Crippen LogP contribution in [0.5, 0.6) is 0 Å². The summed E-state index contributed by atoms with van der Waals surface area (Å²) in [4.78, 5) is 0.